The van der Waals surface area contributed by atoms with Gasteiger partial charge < -0.3 is 9.47 Å². The average molecular weight is 473 g/mol. The van der Waals surface area contributed by atoms with Crippen LogP contribution in [0.2, 0.25) is 0 Å². The molecule has 0 saturated heterocycles. The van der Waals surface area contributed by atoms with Gasteiger partial charge in [0.15, 0.2) is 6.29 Å². The average Bonchev–Trinajstić information content (AvgIpc) is 2.80. The molecule has 0 rings (SSSR count). The third-order valence-corrected chi connectivity index (χ3v) is 7.27. The van der Waals surface area contributed by atoms with Crippen molar-refractivity contribution in [3.8, 4) is 0 Å². The predicted octanol–water partition coefficient (Wildman–Crippen LogP) is 10.2. The lowest BCUT2D eigenvalue weighted by Gasteiger charge is -2.38. The van der Waals surface area contributed by atoms with E-state index in [1.807, 2.05) is 0 Å². The van der Waals surface area contributed by atoms with E-state index in [1.54, 1.807) is 0 Å². The van der Waals surface area contributed by atoms with E-state index in [0.29, 0.717) is 0 Å². The molecule has 0 aromatic rings. The molecule has 0 aliphatic rings. The molecule has 0 saturated carbocycles. The summed E-state index contributed by atoms with van der Waals surface area (Å²) >= 11 is 0. The number of hydrogen-bond acceptors (Lipinski definition) is 2. The van der Waals surface area contributed by atoms with Crippen LogP contribution < -0.4 is 0 Å². The van der Waals surface area contributed by atoms with Gasteiger partial charge in [-0.3, -0.25) is 0 Å². The second-order valence-corrected chi connectivity index (χ2v) is 10.4. The standard InChI is InChI=1S/C29H61O2P/c1-5-9-12-15-18-21-24-29(31-28(27-32)30-8-4,25-22-19-16-13-10-6-2)26-23-20-17-14-11-7-3/h28H,5-27,32H2,1-4H3. The van der Waals surface area contributed by atoms with Gasteiger partial charge in [-0.2, -0.15) is 0 Å². The molecule has 0 amide bonds. The Hall–Kier alpha value is 0.350. The molecule has 0 radical (unpaired) electrons. The fraction of sp³-hybridized carbons (Fsp3) is 1.00. The Labute approximate surface area is 206 Å². The molecule has 2 atom stereocenters. The highest BCUT2D eigenvalue weighted by molar-refractivity contribution is 7.16. The molecule has 194 valence electrons. The molecule has 0 heterocycles. The minimum atomic E-state index is -0.0646. The maximum Gasteiger partial charge on any atom is 0.161 e. The molecular formula is C29H61O2P. The monoisotopic (exact) mass is 472 g/mol. The molecule has 0 fully saturated rings. The minimum absolute atomic E-state index is 0.0245. The van der Waals surface area contributed by atoms with Crippen molar-refractivity contribution in [2.45, 2.75) is 174 Å². The van der Waals surface area contributed by atoms with Gasteiger partial charge in [-0.15, -0.1) is 9.24 Å². The Morgan fingerprint density at radius 2 is 0.875 bits per heavy atom. The van der Waals surface area contributed by atoms with Crippen LogP contribution in [0, 0.1) is 0 Å². The Morgan fingerprint density at radius 1 is 0.531 bits per heavy atom. The van der Waals surface area contributed by atoms with Crippen molar-refractivity contribution in [2.24, 2.45) is 0 Å². The van der Waals surface area contributed by atoms with E-state index in [-0.39, 0.29) is 11.9 Å². The Bertz CT molecular complexity index is 320. The van der Waals surface area contributed by atoms with Crippen molar-refractivity contribution >= 4 is 9.24 Å². The predicted molar refractivity (Wildman–Crippen MR) is 148 cm³/mol. The zero-order chi connectivity index (χ0) is 23.8. The fourth-order valence-corrected chi connectivity index (χ4v) is 5.08. The van der Waals surface area contributed by atoms with Crippen LogP contribution in [-0.4, -0.2) is 24.7 Å². The van der Waals surface area contributed by atoms with E-state index in [0.717, 1.165) is 12.8 Å². The summed E-state index contributed by atoms with van der Waals surface area (Å²) in [4.78, 5) is 0. The molecule has 2 nitrogen and oxygen atoms in total. The lowest BCUT2D eigenvalue weighted by atomic mass is 9.84. The number of unbranched alkanes of at least 4 members (excludes halogenated alkanes) is 15. The topological polar surface area (TPSA) is 18.5 Å². The summed E-state index contributed by atoms with van der Waals surface area (Å²) in [5, 5.41) is 0. The molecular weight excluding hydrogens is 411 g/mol. The Morgan fingerprint density at radius 3 is 1.19 bits per heavy atom. The van der Waals surface area contributed by atoms with Gasteiger partial charge in [0.1, 0.15) is 0 Å². The van der Waals surface area contributed by atoms with Crippen molar-refractivity contribution in [3.63, 3.8) is 0 Å². The first kappa shape index (κ1) is 32.4. The highest BCUT2D eigenvalue weighted by Crippen LogP contribution is 2.34. The van der Waals surface area contributed by atoms with Crippen molar-refractivity contribution in [2.75, 3.05) is 12.8 Å². The summed E-state index contributed by atoms with van der Waals surface area (Å²) in [6, 6.07) is 0. The lowest BCUT2D eigenvalue weighted by molar-refractivity contribution is -0.207. The molecule has 0 aliphatic heterocycles. The van der Waals surface area contributed by atoms with Crippen molar-refractivity contribution in [1.82, 2.24) is 0 Å². The first-order valence-corrected chi connectivity index (χ1v) is 15.5. The second-order valence-electron chi connectivity index (χ2n) is 9.97. The molecule has 0 N–H and O–H groups in total. The van der Waals surface area contributed by atoms with Gasteiger partial charge in [0.2, 0.25) is 0 Å². The van der Waals surface area contributed by atoms with Crippen LogP contribution in [0.5, 0.6) is 0 Å². The quantitative estimate of drug-likeness (QED) is 0.0708. The zero-order valence-electron chi connectivity index (χ0n) is 22.7. The van der Waals surface area contributed by atoms with Gasteiger partial charge >= 0.3 is 0 Å². The molecule has 0 spiro atoms. The third kappa shape index (κ3) is 18.7. The molecule has 3 heteroatoms. The van der Waals surface area contributed by atoms with E-state index in [4.69, 9.17) is 9.47 Å². The zero-order valence-corrected chi connectivity index (χ0v) is 23.9. The summed E-state index contributed by atoms with van der Waals surface area (Å²) in [5.41, 5.74) is 0.0245. The summed E-state index contributed by atoms with van der Waals surface area (Å²) in [7, 11) is 2.85. The molecule has 0 aliphatic carbocycles. The van der Waals surface area contributed by atoms with Crippen LogP contribution in [0.4, 0.5) is 0 Å². The number of hydrogen-bond donors (Lipinski definition) is 0. The van der Waals surface area contributed by atoms with Crippen molar-refractivity contribution < 1.29 is 9.47 Å². The molecule has 0 aromatic carbocycles. The van der Waals surface area contributed by atoms with Crippen LogP contribution in [0.3, 0.4) is 0 Å². The normalized spacial score (nSPS) is 13.0. The Balaban J connectivity index is 4.95. The third-order valence-electron chi connectivity index (χ3n) is 6.88. The van der Waals surface area contributed by atoms with E-state index in [9.17, 15) is 0 Å². The van der Waals surface area contributed by atoms with Crippen LogP contribution >= 0.6 is 9.24 Å². The summed E-state index contributed by atoms with van der Waals surface area (Å²) in [6.45, 7) is 9.73. The number of rotatable bonds is 26. The van der Waals surface area contributed by atoms with E-state index in [2.05, 4.69) is 36.9 Å². The second kappa shape index (κ2) is 24.5. The first-order chi connectivity index (χ1) is 15.7. The number of ether oxygens (including phenoxy) is 2. The van der Waals surface area contributed by atoms with Gasteiger partial charge in [0, 0.05) is 12.8 Å². The van der Waals surface area contributed by atoms with E-state index in [1.165, 1.54) is 135 Å². The van der Waals surface area contributed by atoms with E-state index < -0.39 is 0 Å². The maximum absolute atomic E-state index is 6.87. The van der Waals surface area contributed by atoms with Crippen molar-refractivity contribution in [1.29, 1.82) is 0 Å². The van der Waals surface area contributed by atoms with Crippen molar-refractivity contribution in [3.05, 3.63) is 0 Å². The smallest absolute Gasteiger partial charge is 0.161 e. The summed E-state index contributed by atoms with van der Waals surface area (Å²) < 4.78 is 12.8. The molecule has 2 unspecified atom stereocenters. The molecule has 32 heavy (non-hydrogen) atoms. The molecule has 0 bridgehead atoms. The highest BCUT2D eigenvalue weighted by atomic mass is 31.0. The van der Waals surface area contributed by atoms with Crippen LogP contribution in [0.25, 0.3) is 0 Å². The summed E-state index contributed by atoms with van der Waals surface area (Å²) in [5.74, 6) is 0. The lowest BCUT2D eigenvalue weighted by Crippen LogP contribution is -2.39. The van der Waals surface area contributed by atoms with Crippen LogP contribution in [0.1, 0.15) is 163 Å². The van der Waals surface area contributed by atoms with E-state index >= 15 is 0 Å². The largest absolute Gasteiger partial charge is 0.353 e. The molecule has 0 aromatic heterocycles. The van der Waals surface area contributed by atoms with Gasteiger partial charge in [-0.05, 0) is 26.2 Å². The SMILES string of the molecule is CCCCCCCCC(CCCCCCCC)(CCCCCCCC)OC(CP)OCC. The van der Waals surface area contributed by atoms with Crippen LogP contribution in [0.15, 0.2) is 0 Å². The van der Waals surface area contributed by atoms with Gasteiger partial charge in [0.05, 0.1) is 5.60 Å². The fourth-order valence-electron chi connectivity index (χ4n) is 4.85. The van der Waals surface area contributed by atoms with Gasteiger partial charge in [-0.25, -0.2) is 0 Å². The van der Waals surface area contributed by atoms with Gasteiger partial charge in [-0.1, -0.05) is 136 Å². The summed E-state index contributed by atoms with van der Waals surface area (Å²) in [6.07, 6.45) is 29.0. The maximum atomic E-state index is 6.87. The van der Waals surface area contributed by atoms with Crippen LogP contribution in [-0.2, 0) is 9.47 Å². The Kier molecular flexibility index (Phi) is 24.7. The highest BCUT2D eigenvalue weighted by Gasteiger charge is 2.32. The minimum Gasteiger partial charge on any atom is -0.353 e. The first-order valence-electron chi connectivity index (χ1n) is 14.7. The van der Waals surface area contributed by atoms with Gasteiger partial charge in [0.25, 0.3) is 0 Å².